The quantitative estimate of drug-likeness (QED) is 0.858. The van der Waals surface area contributed by atoms with Crippen LogP contribution in [0.4, 0.5) is 5.82 Å². The van der Waals surface area contributed by atoms with Gasteiger partial charge in [-0.3, -0.25) is 0 Å². The number of hydrogen-bond acceptors (Lipinski definition) is 3. The molecule has 1 saturated carbocycles. The molecule has 4 heteroatoms. The Labute approximate surface area is 127 Å². The minimum atomic E-state index is 0.422. The Morgan fingerprint density at radius 2 is 2.15 bits per heavy atom. The molecule has 1 heterocycles. The lowest BCUT2D eigenvalue weighted by atomic mass is 10.0. The molecule has 0 saturated heterocycles. The predicted octanol–water partition coefficient (Wildman–Crippen LogP) is 4.23. The Bertz CT molecular complexity index is 610. The lowest BCUT2D eigenvalue weighted by Crippen LogP contribution is -2.18. The SMILES string of the molecule is COCCC1(CNc2nccc3c(Br)cccc23)CC1. The van der Waals surface area contributed by atoms with Gasteiger partial charge in [0.1, 0.15) is 5.82 Å². The molecule has 106 valence electrons. The number of pyridine rings is 1. The Morgan fingerprint density at radius 1 is 1.30 bits per heavy atom. The molecule has 3 nitrogen and oxygen atoms in total. The monoisotopic (exact) mass is 334 g/mol. The van der Waals surface area contributed by atoms with Gasteiger partial charge in [0.05, 0.1) is 0 Å². The molecule has 1 fully saturated rings. The van der Waals surface area contributed by atoms with E-state index in [2.05, 4.69) is 44.4 Å². The van der Waals surface area contributed by atoms with Crippen LogP contribution in [0, 0.1) is 5.41 Å². The van der Waals surface area contributed by atoms with Crippen molar-refractivity contribution < 1.29 is 4.74 Å². The van der Waals surface area contributed by atoms with E-state index >= 15 is 0 Å². The number of methoxy groups -OCH3 is 1. The average molecular weight is 335 g/mol. The van der Waals surface area contributed by atoms with Gasteiger partial charge in [0, 0.05) is 41.7 Å². The summed E-state index contributed by atoms with van der Waals surface area (Å²) in [4.78, 5) is 4.50. The molecule has 0 aliphatic heterocycles. The summed E-state index contributed by atoms with van der Waals surface area (Å²) >= 11 is 3.60. The molecule has 1 aliphatic rings. The predicted molar refractivity (Wildman–Crippen MR) is 86.1 cm³/mol. The highest BCUT2D eigenvalue weighted by Gasteiger charge is 2.41. The van der Waals surface area contributed by atoms with Gasteiger partial charge in [0.2, 0.25) is 0 Å². The van der Waals surface area contributed by atoms with E-state index in [1.54, 1.807) is 7.11 Å². The largest absolute Gasteiger partial charge is 0.385 e. The number of rotatable bonds is 6. The minimum Gasteiger partial charge on any atom is -0.385 e. The van der Waals surface area contributed by atoms with E-state index in [9.17, 15) is 0 Å². The van der Waals surface area contributed by atoms with Gasteiger partial charge >= 0.3 is 0 Å². The van der Waals surface area contributed by atoms with Crippen LogP contribution in [0.5, 0.6) is 0 Å². The number of aromatic nitrogens is 1. The summed E-state index contributed by atoms with van der Waals surface area (Å²) in [6, 6.07) is 8.27. The zero-order chi connectivity index (χ0) is 14.0. The van der Waals surface area contributed by atoms with E-state index in [-0.39, 0.29) is 0 Å². The molecular formula is C16H19BrN2O. The Morgan fingerprint density at radius 3 is 2.90 bits per heavy atom. The first-order valence-electron chi connectivity index (χ1n) is 7.00. The fourth-order valence-corrected chi connectivity index (χ4v) is 3.09. The Balaban J connectivity index is 1.77. The molecule has 0 unspecified atom stereocenters. The number of nitrogens with one attached hydrogen (secondary N) is 1. The third-order valence-electron chi connectivity index (χ3n) is 4.18. The van der Waals surface area contributed by atoms with Crippen LogP contribution in [-0.4, -0.2) is 25.2 Å². The second-order valence-electron chi connectivity index (χ2n) is 5.59. The van der Waals surface area contributed by atoms with Crippen molar-refractivity contribution in [1.82, 2.24) is 4.98 Å². The fraction of sp³-hybridized carbons (Fsp3) is 0.438. The average Bonchev–Trinajstić information content (AvgIpc) is 3.24. The molecule has 0 amide bonds. The molecule has 0 bridgehead atoms. The van der Waals surface area contributed by atoms with Gasteiger partial charge in [-0.1, -0.05) is 28.1 Å². The molecule has 1 aromatic heterocycles. The number of anilines is 1. The molecule has 0 radical (unpaired) electrons. The highest BCUT2D eigenvalue weighted by atomic mass is 79.9. The van der Waals surface area contributed by atoms with Gasteiger partial charge < -0.3 is 10.1 Å². The van der Waals surface area contributed by atoms with Crippen molar-refractivity contribution in [3.63, 3.8) is 0 Å². The maximum Gasteiger partial charge on any atom is 0.133 e. The summed E-state index contributed by atoms with van der Waals surface area (Å²) in [7, 11) is 1.77. The first-order chi connectivity index (χ1) is 9.74. The fourth-order valence-electron chi connectivity index (χ4n) is 2.59. The van der Waals surface area contributed by atoms with Crippen molar-refractivity contribution in [2.45, 2.75) is 19.3 Å². The van der Waals surface area contributed by atoms with Crippen LogP contribution < -0.4 is 5.32 Å². The number of hydrogen-bond donors (Lipinski definition) is 1. The van der Waals surface area contributed by atoms with Crippen molar-refractivity contribution >= 4 is 32.5 Å². The highest BCUT2D eigenvalue weighted by Crippen LogP contribution is 2.48. The minimum absolute atomic E-state index is 0.422. The Kier molecular flexibility index (Phi) is 3.94. The molecule has 20 heavy (non-hydrogen) atoms. The molecule has 1 aliphatic carbocycles. The second kappa shape index (κ2) is 5.70. The molecule has 1 N–H and O–H groups in total. The number of halogens is 1. The van der Waals surface area contributed by atoms with Gasteiger partial charge in [0.25, 0.3) is 0 Å². The van der Waals surface area contributed by atoms with Crippen molar-refractivity contribution in [3.8, 4) is 0 Å². The van der Waals surface area contributed by atoms with E-state index in [4.69, 9.17) is 4.74 Å². The van der Waals surface area contributed by atoms with Gasteiger partial charge in [-0.25, -0.2) is 4.98 Å². The topological polar surface area (TPSA) is 34.1 Å². The van der Waals surface area contributed by atoms with Gasteiger partial charge in [0.15, 0.2) is 0 Å². The normalized spacial score (nSPS) is 16.3. The first kappa shape index (κ1) is 13.8. The van der Waals surface area contributed by atoms with Crippen LogP contribution in [0.3, 0.4) is 0 Å². The van der Waals surface area contributed by atoms with Crippen LogP contribution in [0.25, 0.3) is 10.8 Å². The van der Waals surface area contributed by atoms with Crippen LogP contribution in [0.1, 0.15) is 19.3 Å². The van der Waals surface area contributed by atoms with E-state index in [0.717, 1.165) is 29.9 Å². The van der Waals surface area contributed by atoms with E-state index in [0.29, 0.717) is 5.41 Å². The van der Waals surface area contributed by atoms with Crippen molar-refractivity contribution in [2.24, 2.45) is 5.41 Å². The van der Waals surface area contributed by atoms with Crippen molar-refractivity contribution in [1.29, 1.82) is 0 Å². The molecular weight excluding hydrogens is 316 g/mol. The van der Waals surface area contributed by atoms with Crippen LogP contribution >= 0.6 is 15.9 Å². The third kappa shape index (κ3) is 2.81. The van der Waals surface area contributed by atoms with Crippen LogP contribution in [-0.2, 0) is 4.74 Å². The third-order valence-corrected chi connectivity index (χ3v) is 4.87. The van der Waals surface area contributed by atoms with Gasteiger partial charge in [-0.2, -0.15) is 0 Å². The van der Waals surface area contributed by atoms with Crippen LogP contribution in [0.2, 0.25) is 0 Å². The van der Waals surface area contributed by atoms with E-state index in [1.807, 2.05) is 12.3 Å². The molecule has 0 atom stereocenters. The summed E-state index contributed by atoms with van der Waals surface area (Å²) in [5, 5.41) is 5.91. The zero-order valence-corrected chi connectivity index (χ0v) is 13.2. The standard InChI is InChI=1S/C16H19BrN2O/c1-20-10-8-16(6-7-16)11-19-15-13-3-2-4-14(17)12(13)5-9-18-15/h2-5,9H,6-8,10-11H2,1H3,(H,18,19). The zero-order valence-electron chi connectivity index (χ0n) is 11.7. The second-order valence-corrected chi connectivity index (χ2v) is 6.45. The van der Waals surface area contributed by atoms with Gasteiger partial charge in [-0.05, 0) is 36.8 Å². The highest BCUT2D eigenvalue weighted by molar-refractivity contribution is 9.10. The van der Waals surface area contributed by atoms with Crippen molar-refractivity contribution in [2.75, 3.05) is 25.6 Å². The summed E-state index contributed by atoms with van der Waals surface area (Å²) in [5.74, 6) is 0.979. The Hall–Kier alpha value is -1.13. The van der Waals surface area contributed by atoms with Crippen LogP contribution in [0.15, 0.2) is 34.9 Å². The molecule has 1 aromatic carbocycles. The summed E-state index contributed by atoms with van der Waals surface area (Å²) < 4.78 is 6.32. The van der Waals surface area contributed by atoms with E-state index in [1.165, 1.54) is 23.6 Å². The molecule has 2 aromatic rings. The lowest BCUT2D eigenvalue weighted by molar-refractivity contribution is 0.175. The summed E-state index contributed by atoms with van der Waals surface area (Å²) in [5.41, 5.74) is 0.422. The number of benzene rings is 1. The smallest absolute Gasteiger partial charge is 0.133 e. The van der Waals surface area contributed by atoms with Gasteiger partial charge in [-0.15, -0.1) is 0 Å². The van der Waals surface area contributed by atoms with Crippen molar-refractivity contribution in [3.05, 3.63) is 34.9 Å². The summed E-state index contributed by atoms with van der Waals surface area (Å²) in [6.45, 7) is 1.82. The number of nitrogens with zero attached hydrogens (tertiary/aromatic N) is 1. The van der Waals surface area contributed by atoms with E-state index < -0.39 is 0 Å². The summed E-state index contributed by atoms with van der Waals surface area (Å²) in [6.07, 6.45) is 5.57. The first-order valence-corrected chi connectivity index (χ1v) is 7.79. The number of fused-ring (bicyclic) bond motifs is 1. The maximum absolute atomic E-state index is 5.21. The lowest BCUT2D eigenvalue weighted by Gasteiger charge is -2.17. The number of ether oxygens (including phenoxy) is 1. The molecule has 0 spiro atoms. The molecule has 3 rings (SSSR count). The maximum atomic E-state index is 5.21.